The monoisotopic (exact) mass is 283 g/mol. The zero-order valence-corrected chi connectivity index (χ0v) is 12.4. The Kier molecular flexibility index (Phi) is 4.41. The number of rotatable bonds is 4. The van der Waals surface area contributed by atoms with Gasteiger partial charge < -0.3 is 14.4 Å². The van der Waals surface area contributed by atoms with Crippen LogP contribution in [0, 0.1) is 0 Å². The summed E-state index contributed by atoms with van der Waals surface area (Å²) in [6, 6.07) is 16.9. The van der Waals surface area contributed by atoms with Crippen LogP contribution in [0.5, 0.6) is 5.75 Å². The summed E-state index contributed by atoms with van der Waals surface area (Å²) in [5, 5.41) is 0. The van der Waals surface area contributed by atoms with Gasteiger partial charge in [-0.15, -0.1) is 0 Å². The molecule has 21 heavy (non-hydrogen) atoms. The minimum absolute atomic E-state index is 0.809. The zero-order valence-electron chi connectivity index (χ0n) is 12.4. The van der Waals surface area contributed by atoms with Crippen molar-refractivity contribution in [2.24, 2.45) is 0 Å². The lowest BCUT2D eigenvalue weighted by Gasteiger charge is -2.30. The van der Waals surface area contributed by atoms with E-state index in [4.69, 9.17) is 9.47 Å². The number of morpholine rings is 1. The van der Waals surface area contributed by atoms with Crippen molar-refractivity contribution in [3.63, 3.8) is 0 Å². The number of hydrogen-bond donors (Lipinski definition) is 0. The van der Waals surface area contributed by atoms with Gasteiger partial charge in [-0.3, -0.25) is 0 Å². The van der Waals surface area contributed by atoms with Crippen LogP contribution in [-0.4, -0.2) is 33.4 Å². The molecule has 0 aromatic heterocycles. The lowest BCUT2D eigenvalue weighted by molar-refractivity contribution is 0.122. The van der Waals surface area contributed by atoms with Gasteiger partial charge in [-0.25, -0.2) is 0 Å². The number of anilines is 1. The van der Waals surface area contributed by atoms with Crippen molar-refractivity contribution in [2.75, 3.05) is 38.3 Å². The number of para-hydroxylation sites is 2. The molecule has 0 bridgehead atoms. The van der Waals surface area contributed by atoms with Crippen LogP contribution >= 0.6 is 0 Å². The summed E-state index contributed by atoms with van der Waals surface area (Å²) < 4.78 is 10.9. The Morgan fingerprint density at radius 3 is 2.38 bits per heavy atom. The fraction of sp³-hybridized carbons (Fsp3) is 0.333. The van der Waals surface area contributed by atoms with Gasteiger partial charge >= 0.3 is 0 Å². The molecule has 110 valence electrons. The summed E-state index contributed by atoms with van der Waals surface area (Å²) in [5.74, 6) is 0.953. The summed E-state index contributed by atoms with van der Waals surface area (Å²) in [6.07, 6.45) is 0.886. The SMILES string of the molecule is COc1ccccc1Cc1ccccc1N1CCOCC1. The Morgan fingerprint density at radius 1 is 0.952 bits per heavy atom. The quantitative estimate of drug-likeness (QED) is 0.860. The van der Waals surface area contributed by atoms with Crippen LogP contribution in [0.1, 0.15) is 11.1 Å². The van der Waals surface area contributed by atoms with Crippen molar-refractivity contribution in [1.29, 1.82) is 0 Å². The molecule has 0 atom stereocenters. The summed E-state index contributed by atoms with van der Waals surface area (Å²) in [7, 11) is 1.73. The zero-order chi connectivity index (χ0) is 14.5. The third-order valence-corrected chi connectivity index (χ3v) is 3.92. The lowest BCUT2D eigenvalue weighted by atomic mass is 10.0. The van der Waals surface area contributed by atoms with Gasteiger partial charge in [0.2, 0.25) is 0 Å². The molecule has 0 unspecified atom stereocenters. The lowest BCUT2D eigenvalue weighted by Crippen LogP contribution is -2.36. The normalized spacial score (nSPS) is 15.0. The van der Waals surface area contributed by atoms with Crippen molar-refractivity contribution in [3.8, 4) is 5.75 Å². The maximum Gasteiger partial charge on any atom is 0.122 e. The predicted molar refractivity (Wildman–Crippen MR) is 85.3 cm³/mol. The fourth-order valence-electron chi connectivity index (χ4n) is 2.83. The summed E-state index contributed by atoms with van der Waals surface area (Å²) in [6.45, 7) is 3.54. The molecule has 3 rings (SSSR count). The Labute approximate surface area is 126 Å². The van der Waals surface area contributed by atoms with Gasteiger partial charge in [-0.2, -0.15) is 0 Å². The topological polar surface area (TPSA) is 21.7 Å². The van der Waals surface area contributed by atoms with Crippen LogP contribution in [0.15, 0.2) is 48.5 Å². The molecule has 0 saturated carbocycles. The van der Waals surface area contributed by atoms with Gasteiger partial charge in [-0.1, -0.05) is 36.4 Å². The van der Waals surface area contributed by atoms with E-state index in [1.165, 1.54) is 16.8 Å². The van der Waals surface area contributed by atoms with Crippen molar-refractivity contribution in [3.05, 3.63) is 59.7 Å². The van der Waals surface area contributed by atoms with E-state index in [0.29, 0.717) is 0 Å². The van der Waals surface area contributed by atoms with Crippen LogP contribution in [0.3, 0.4) is 0 Å². The standard InChI is InChI=1S/C18H21NO2/c1-20-18-9-5-3-7-16(18)14-15-6-2-4-8-17(15)19-10-12-21-13-11-19/h2-9H,10-14H2,1H3. The first-order valence-corrected chi connectivity index (χ1v) is 7.41. The van der Waals surface area contributed by atoms with E-state index in [0.717, 1.165) is 38.5 Å². The maximum absolute atomic E-state index is 5.47. The van der Waals surface area contributed by atoms with Crippen LogP contribution in [0.25, 0.3) is 0 Å². The fourth-order valence-corrected chi connectivity index (χ4v) is 2.83. The molecule has 0 radical (unpaired) electrons. The smallest absolute Gasteiger partial charge is 0.122 e. The van der Waals surface area contributed by atoms with Gasteiger partial charge in [0.05, 0.1) is 20.3 Å². The second kappa shape index (κ2) is 6.64. The molecule has 1 saturated heterocycles. The van der Waals surface area contributed by atoms with Crippen molar-refractivity contribution < 1.29 is 9.47 Å². The average molecular weight is 283 g/mol. The Bertz CT molecular complexity index is 591. The first kappa shape index (κ1) is 14.0. The molecule has 1 fully saturated rings. The van der Waals surface area contributed by atoms with E-state index in [-0.39, 0.29) is 0 Å². The second-order valence-electron chi connectivity index (χ2n) is 5.22. The molecular formula is C18H21NO2. The van der Waals surface area contributed by atoms with E-state index in [1.54, 1.807) is 7.11 Å². The van der Waals surface area contributed by atoms with Crippen LogP contribution in [0.4, 0.5) is 5.69 Å². The number of nitrogens with zero attached hydrogens (tertiary/aromatic N) is 1. The van der Waals surface area contributed by atoms with Gasteiger partial charge in [0, 0.05) is 25.2 Å². The van der Waals surface area contributed by atoms with E-state index in [2.05, 4.69) is 41.3 Å². The molecular weight excluding hydrogens is 262 g/mol. The molecule has 2 aromatic carbocycles. The molecule has 0 amide bonds. The predicted octanol–water partition coefficient (Wildman–Crippen LogP) is 3.12. The Morgan fingerprint density at radius 2 is 1.62 bits per heavy atom. The van der Waals surface area contributed by atoms with Gasteiger partial charge in [0.1, 0.15) is 5.75 Å². The average Bonchev–Trinajstić information content (AvgIpc) is 2.57. The Balaban J connectivity index is 1.88. The first-order chi connectivity index (χ1) is 10.4. The summed E-state index contributed by atoms with van der Waals surface area (Å²) in [4.78, 5) is 2.41. The largest absolute Gasteiger partial charge is 0.496 e. The van der Waals surface area contributed by atoms with E-state index >= 15 is 0 Å². The molecule has 0 N–H and O–H groups in total. The highest BCUT2D eigenvalue weighted by Gasteiger charge is 2.15. The van der Waals surface area contributed by atoms with Crippen LogP contribution < -0.4 is 9.64 Å². The minimum Gasteiger partial charge on any atom is -0.496 e. The third kappa shape index (κ3) is 3.19. The van der Waals surface area contributed by atoms with E-state index < -0.39 is 0 Å². The highest BCUT2D eigenvalue weighted by atomic mass is 16.5. The summed E-state index contributed by atoms with van der Waals surface area (Å²) >= 11 is 0. The summed E-state index contributed by atoms with van der Waals surface area (Å²) in [5.41, 5.74) is 3.87. The van der Waals surface area contributed by atoms with Gasteiger partial charge in [-0.05, 0) is 23.3 Å². The molecule has 1 aliphatic heterocycles. The highest BCUT2D eigenvalue weighted by Crippen LogP contribution is 2.27. The molecule has 0 aliphatic carbocycles. The maximum atomic E-state index is 5.47. The minimum atomic E-state index is 0.809. The van der Waals surface area contributed by atoms with Crippen molar-refractivity contribution in [2.45, 2.75) is 6.42 Å². The van der Waals surface area contributed by atoms with E-state index in [1.807, 2.05) is 12.1 Å². The van der Waals surface area contributed by atoms with Crippen molar-refractivity contribution >= 4 is 5.69 Å². The van der Waals surface area contributed by atoms with Crippen molar-refractivity contribution in [1.82, 2.24) is 0 Å². The number of hydrogen-bond acceptors (Lipinski definition) is 3. The number of methoxy groups -OCH3 is 1. The Hall–Kier alpha value is -2.00. The van der Waals surface area contributed by atoms with Gasteiger partial charge in [0.25, 0.3) is 0 Å². The second-order valence-corrected chi connectivity index (χ2v) is 5.22. The molecule has 3 nitrogen and oxygen atoms in total. The molecule has 1 aliphatic rings. The number of ether oxygens (including phenoxy) is 2. The van der Waals surface area contributed by atoms with Gasteiger partial charge in [0.15, 0.2) is 0 Å². The third-order valence-electron chi connectivity index (χ3n) is 3.92. The molecule has 0 spiro atoms. The first-order valence-electron chi connectivity index (χ1n) is 7.41. The van der Waals surface area contributed by atoms with Crippen LogP contribution in [0.2, 0.25) is 0 Å². The van der Waals surface area contributed by atoms with Crippen LogP contribution in [-0.2, 0) is 11.2 Å². The van der Waals surface area contributed by atoms with E-state index in [9.17, 15) is 0 Å². The number of benzene rings is 2. The molecule has 1 heterocycles. The highest BCUT2D eigenvalue weighted by molar-refractivity contribution is 5.56. The molecule has 2 aromatic rings. The molecule has 3 heteroatoms.